The third-order valence-corrected chi connectivity index (χ3v) is 3.71. The van der Waals surface area contributed by atoms with E-state index in [1.54, 1.807) is 0 Å². The van der Waals surface area contributed by atoms with Gasteiger partial charge in [0.05, 0.1) is 12.7 Å². The largest absolute Gasteiger partial charge is 0.493 e. The molecular weight excluding hydrogens is 267 g/mol. The van der Waals surface area contributed by atoms with E-state index in [1.807, 2.05) is 6.07 Å². The number of nitriles is 1. The Morgan fingerprint density at radius 3 is 2.62 bits per heavy atom. The molecule has 4 heteroatoms. The fourth-order valence-corrected chi connectivity index (χ4v) is 2.13. The van der Waals surface area contributed by atoms with Crippen molar-refractivity contribution < 1.29 is 9.13 Å². The minimum atomic E-state index is -0.289. The second-order valence-electron chi connectivity index (χ2n) is 7.02. The van der Waals surface area contributed by atoms with E-state index in [0.29, 0.717) is 25.3 Å². The monoisotopic (exact) mass is 290 g/mol. The van der Waals surface area contributed by atoms with Crippen molar-refractivity contribution in [2.24, 2.45) is 5.41 Å². The van der Waals surface area contributed by atoms with Crippen molar-refractivity contribution in [1.29, 1.82) is 5.26 Å². The van der Waals surface area contributed by atoms with Gasteiger partial charge >= 0.3 is 0 Å². The van der Waals surface area contributed by atoms with Crippen LogP contribution in [0.5, 0.6) is 5.75 Å². The van der Waals surface area contributed by atoms with Crippen LogP contribution in [0.4, 0.5) is 4.39 Å². The molecule has 1 saturated carbocycles. The second kappa shape index (κ2) is 6.03. The Hall–Kier alpha value is -1.60. The lowest BCUT2D eigenvalue weighted by molar-refractivity contribution is 0.235. The van der Waals surface area contributed by atoms with Crippen LogP contribution in [0, 0.1) is 22.6 Å². The molecule has 1 aromatic rings. The highest BCUT2D eigenvalue weighted by Gasteiger charge is 2.43. The predicted octanol–water partition coefficient (Wildman–Crippen LogP) is 3.79. The molecule has 0 aliphatic heterocycles. The van der Waals surface area contributed by atoms with Crippen LogP contribution < -0.4 is 10.1 Å². The number of rotatable bonds is 6. The minimum absolute atomic E-state index is 0.00485. The van der Waals surface area contributed by atoms with Crippen molar-refractivity contribution in [2.45, 2.75) is 52.1 Å². The topological polar surface area (TPSA) is 45.0 Å². The van der Waals surface area contributed by atoms with E-state index >= 15 is 0 Å². The maximum atomic E-state index is 13.7. The molecule has 1 aromatic carbocycles. The number of nitrogens with zero attached hydrogens (tertiary/aromatic N) is 1. The molecule has 1 aliphatic rings. The summed E-state index contributed by atoms with van der Waals surface area (Å²) in [6, 6.07) is 7.00. The van der Waals surface area contributed by atoms with Gasteiger partial charge in [-0.2, -0.15) is 5.26 Å². The fraction of sp³-hybridized carbons (Fsp3) is 0.588. The first-order chi connectivity index (χ1) is 9.82. The van der Waals surface area contributed by atoms with Gasteiger partial charge in [0.25, 0.3) is 0 Å². The Labute approximate surface area is 126 Å². The fourth-order valence-electron chi connectivity index (χ4n) is 2.13. The first-order valence-corrected chi connectivity index (χ1v) is 7.36. The quantitative estimate of drug-likeness (QED) is 0.867. The predicted molar refractivity (Wildman–Crippen MR) is 80.4 cm³/mol. The second-order valence-corrected chi connectivity index (χ2v) is 7.02. The molecule has 3 nitrogen and oxygen atoms in total. The number of benzene rings is 1. The van der Waals surface area contributed by atoms with Gasteiger partial charge in [0.1, 0.15) is 11.6 Å². The van der Waals surface area contributed by atoms with E-state index in [4.69, 9.17) is 10.00 Å². The number of halogens is 1. The van der Waals surface area contributed by atoms with Crippen LogP contribution in [-0.2, 0) is 6.54 Å². The summed E-state index contributed by atoms with van der Waals surface area (Å²) >= 11 is 0. The van der Waals surface area contributed by atoms with Crippen LogP contribution in [0.15, 0.2) is 18.2 Å². The van der Waals surface area contributed by atoms with Gasteiger partial charge < -0.3 is 10.1 Å². The molecule has 1 N–H and O–H groups in total. The molecule has 0 atom stereocenters. The lowest BCUT2D eigenvalue weighted by Gasteiger charge is -2.21. The molecule has 0 radical (unpaired) electrons. The average molecular weight is 290 g/mol. The maximum Gasteiger partial charge on any atom is 0.127 e. The van der Waals surface area contributed by atoms with Gasteiger partial charge in [-0.3, -0.25) is 0 Å². The molecule has 0 unspecified atom stereocenters. The van der Waals surface area contributed by atoms with Crippen molar-refractivity contribution in [3.8, 4) is 11.8 Å². The zero-order valence-corrected chi connectivity index (χ0v) is 13.0. The molecule has 2 rings (SSSR count). The van der Waals surface area contributed by atoms with E-state index in [9.17, 15) is 4.39 Å². The Kier molecular flexibility index (Phi) is 4.53. The molecule has 21 heavy (non-hydrogen) atoms. The van der Waals surface area contributed by atoms with Gasteiger partial charge in [0.2, 0.25) is 0 Å². The lowest BCUT2D eigenvalue weighted by Crippen LogP contribution is -2.35. The molecule has 0 bridgehead atoms. The first kappa shape index (κ1) is 15.8. The summed E-state index contributed by atoms with van der Waals surface area (Å²) in [6.07, 6.45) is 2.56. The molecule has 114 valence electrons. The summed E-state index contributed by atoms with van der Waals surface area (Å²) in [5, 5.41) is 12.1. The average Bonchev–Trinajstić information content (AvgIpc) is 3.14. The highest BCUT2D eigenvalue weighted by atomic mass is 19.1. The number of hydrogen-bond donors (Lipinski definition) is 1. The smallest absolute Gasteiger partial charge is 0.127 e. The third-order valence-electron chi connectivity index (χ3n) is 3.71. The molecule has 0 aromatic heterocycles. The number of ether oxygens (including phenoxy) is 1. The Morgan fingerprint density at radius 1 is 1.33 bits per heavy atom. The summed E-state index contributed by atoms with van der Waals surface area (Å²) in [5.41, 5.74) is 0.855. The van der Waals surface area contributed by atoms with Gasteiger partial charge in [0, 0.05) is 30.0 Å². The SMILES string of the molecule is CC(C)(C)NCc1cc(F)cc(OCC2(CC#N)CC2)c1. The molecule has 1 aliphatic carbocycles. The zero-order valence-electron chi connectivity index (χ0n) is 13.0. The first-order valence-electron chi connectivity index (χ1n) is 7.36. The van der Waals surface area contributed by atoms with Gasteiger partial charge in [-0.15, -0.1) is 0 Å². The highest BCUT2D eigenvalue weighted by molar-refractivity contribution is 5.30. The molecule has 1 fully saturated rings. The summed E-state index contributed by atoms with van der Waals surface area (Å²) in [6.45, 7) is 7.31. The van der Waals surface area contributed by atoms with Gasteiger partial charge in [-0.1, -0.05) is 0 Å². The zero-order chi connectivity index (χ0) is 15.5. The van der Waals surface area contributed by atoms with Gasteiger partial charge in [0.15, 0.2) is 0 Å². The third kappa shape index (κ3) is 5.02. The van der Waals surface area contributed by atoms with Crippen LogP contribution in [-0.4, -0.2) is 12.1 Å². The maximum absolute atomic E-state index is 13.7. The van der Waals surface area contributed by atoms with Crippen LogP contribution in [0.3, 0.4) is 0 Å². The standard InChI is InChI=1S/C17H23FN2O/c1-16(2,3)20-11-13-8-14(18)10-15(9-13)21-12-17(4-5-17)6-7-19/h8-10,20H,4-6,11-12H2,1-3H3. The van der Waals surface area contributed by atoms with Crippen LogP contribution in [0.2, 0.25) is 0 Å². The van der Waals surface area contributed by atoms with Gasteiger partial charge in [-0.25, -0.2) is 4.39 Å². The Morgan fingerprint density at radius 2 is 2.05 bits per heavy atom. The van der Waals surface area contributed by atoms with Gasteiger partial charge in [-0.05, 0) is 51.3 Å². The summed E-state index contributed by atoms with van der Waals surface area (Å²) < 4.78 is 19.4. The highest BCUT2D eigenvalue weighted by Crippen LogP contribution is 2.48. The van der Waals surface area contributed by atoms with Crippen molar-refractivity contribution in [3.63, 3.8) is 0 Å². The Bertz CT molecular complexity index is 539. The van der Waals surface area contributed by atoms with Crippen LogP contribution in [0.1, 0.15) is 45.6 Å². The van der Waals surface area contributed by atoms with Crippen molar-refractivity contribution in [3.05, 3.63) is 29.6 Å². The van der Waals surface area contributed by atoms with Crippen LogP contribution >= 0.6 is 0 Å². The molecule has 0 spiro atoms. The normalized spacial score (nSPS) is 16.3. The van der Waals surface area contributed by atoms with Crippen molar-refractivity contribution in [2.75, 3.05) is 6.61 Å². The Balaban J connectivity index is 1.97. The number of hydrogen-bond acceptors (Lipinski definition) is 3. The van der Waals surface area contributed by atoms with Crippen molar-refractivity contribution in [1.82, 2.24) is 5.32 Å². The van der Waals surface area contributed by atoms with E-state index in [-0.39, 0.29) is 16.8 Å². The van der Waals surface area contributed by atoms with E-state index in [0.717, 1.165) is 18.4 Å². The van der Waals surface area contributed by atoms with E-state index < -0.39 is 0 Å². The molecular formula is C17H23FN2O. The molecule has 0 heterocycles. The molecule has 0 amide bonds. The molecule has 0 saturated heterocycles. The van der Waals surface area contributed by atoms with Crippen molar-refractivity contribution >= 4 is 0 Å². The summed E-state index contributed by atoms with van der Waals surface area (Å²) in [4.78, 5) is 0. The van der Waals surface area contributed by atoms with E-state index in [2.05, 4.69) is 32.2 Å². The van der Waals surface area contributed by atoms with E-state index in [1.165, 1.54) is 12.1 Å². The minimum Gasteiger partial charge on any atom is -0.493 e. The number of nitrogens with one attached hydrogen (secondary N) is 1. The van der Waals surface area contributed by atoms with Crippen LogP contribution in [0.25, 0.3) is 0 Å². The lowest BCUT2D eigenvalue weighted by atomic mass is 10.1. The summed E-state index contributed by atoms with van der Waals surface area (Å²) in [7, 11) is 0. The summed E-state index contributed by atoms with van der Waals surface area (Å²) in [5.74, 6) is 0.258.